The van der Waals surface area contributed by atoms with E-state index in [1.54, 1.807) is 26.2 Å². The Hall–Kier alpha value is -2.54. The maximum atomic E-state index is 13.1. The Morgan fingerprint density at radius 1 is 1.06 bits per heavy atom. The van der Waals surface area contributed by atoms with Gasteiger partial charge < -0.3 is 10.1 Å². The smallest absolute Gasteiger partial charge is 0.244 e. The van der Waals surface area contributed by atoms with Crippen LogP contribution in [0.25, 0.3) is 0 Å². The second kappa shape index (κ2) is 10.4. The molecule has 0 heterocycles. The summed E-state index contributed by atoms with van der Waals surface area (Å²) in [6.45, 7) is 11.7. The number of hydrogen-bond donors (Lipinski definition) is 1. The van der Waals surface area contributed by atoms with Gasteiger partial charge in [-0.05, 0) is 79.6 Å². The number of ether oxygens (including phenoxy) is 1. The van der Waals surface area contributed by atoms with Gasteiger partial charge in [0.2, 0.25) is 15.9 Å². The molecule has 176 valence electrons. The summed E-state index contributed by atoms with van der Waals surface area (Å²) >= 11 is 0. The molecule has 2 rings (SSSR count). The van der Waals surface area contributed by atoms with E-state index < -0.39 is 16.1 Å². The third-order valence-corrected chi connectivity index (χ3v) is 6.99. The Bertz CT molecular complexity index is 1050. The van der Waals surface area contributed by atoms with Gasteiger partial charge in [0.1, 0.15) is 11.8 Å². The zero-order valence-corrected chi connectivity index (χ0v) is 21.2. The second-order valence-electron chi connectivity index (χ2n) is 8.59. The molecule has 0 saturated heterocycles. The van der Waals surface area contributed by atoms with Crippen LogP contribution < -0.4 is 14.4 Å². The summed E-state index contributed by atoms with van der Waals surface area (Å²) in [5.41, 5.74) is 4.62. The topological polar surface area (TPSA) is 75.7 Å². The van der Waals surface area contributed by atoms with E-state index in [-0.39, 0.29) is 17.9 Å². The Morgan fingerprint density at radius 2 is 1.66 bits per heavy atom. The van der Waals surface area contributed by atoms with E-state index >= 15 is 0 Å². The van der Waals surface area contributed by atoms with Crippen LogP contribution in [0.5, 0.6) is 5.75 Å². The average molecular weight is 461 g/mol. The SMILES string of the molecule is CCc1ccc(N([C@@H](C)C(=O)N[C@H](C)c2cc(C(C)C)c(OC)cc2C)S(C)(=O)=O)cc1. The van der Waals surface area contributed by atoms with Gasteiger partial charge in [0, 0.05) is 0 Å². The minimum absolute atomic E-state index is 0.262. The fourth-order valence-corrected chi connectivity index (χ4v) is 5.08. The van der Waals surface area contributed by atoms with Gasteiger partial charge in [-0.3, -0.25) is 9.10 Å². The van der Waals surface area contributed by atoms with Crippen molar-refractivity contribution >= 4 is 21.6 Å². The number of nitrogens with one attached hydrogen (secondary N) is 1. The number of anilines is 1. The van der Waals surface area contributed by atoms with Crippen molar-refractivity contribution in [3.63, 3.8) is 0 Å². The van der Waals surface area contributed by atoms with Crippen molar-refractivity contribution in [3.05, 3.63) is 58.7 Å². The number of amides is 1. The molecule has 0 aliphatic carbocycles. The first-order valence-electron chi connectivity index (χ1n) is 11.0. The number of sulfonamides is 1. The molecule has 0 aromatic heterocycles. The molecule has 1 N–H and O–H groups in total. The highest BCUT2D eigenvalue weighted by molar-refractivity contribution is 7.92. The highest BCUT2D eigenvalue weighted by Gasteiger charge is 2.30. The average Bonchev–Trinajstić information content (AvgIpc) is 2.72. The molecule has 0 fully saturated rings. The standard InChI is InChI=1S/C25H36N2O4S/c1-9-20-10-12-21(13-11-20)27(32(8,29)30)19(6)25(28)26-18(5)23-15-22(16(2)3)24(31-7)14-17(23)4/h10-16,18-19H,9H2,1-8H3,(H,26,28)/t18-,19+/m1/s1. The van der Waals surface area contributed by atoms with E-state index in [1.165, 1.54) is 4.31 Å². The van der Waals surface area contributed by atoms with Gasteiger partial charge in [0.05, 0.1) is 25.1 Å². The minimum atomic E-state index is -3.66. The number of rotatable bonds is 9. The largest absolute Gasteiger partial charge is 0.496 e. The summed E-state index contributed by atoms with van der Waals surface area (Å²) < 4.78 is 31.8. The quantitative estimate of drug-likeness (QED) is 0.587. The molecule has 0 unspecified atom stereocenters. The van der Waals surface area contributed by atoms with Gasteiger partial charge in [0.25, 0.3) is 0 Å². The first-order chi connectivity index (χ1) is 14.9. The lowest BCUT2D eigenvalue weighted by Crippen LogP contribution is -2.48. The number of aryl methyl sites for hydroxylation is 2. The first-order valence-corrected chi connectivity index (χ1v) is 12.8. The first kappa shape index (κ1) is 25.7. The van der Waals surface area contributed by atoms with Crippen molar-refractivity contribution in [2.24, 2.45) is 0 Å². The maximum Gasteiger partial charge on any atom is 0.244 e. The molecule has 0 aliphatic heterocycles. The third-order valence-electron chi connectivity index (χ3n) is 5.75. The van der Waals surface area contributed by atoms with Crippen molar-refractivity contribution in [1.82, 2.24) is 5.32 Å². The van der Waals surface area contributed by atoms with Gasteiger partial charge in [-0.1, -0.05) is 32.9 Å². The van der Waals surface area contributed by atoms with Gasteiger partial charge in [-0.25, -0.2) is 8.42 Å². The molecule has 1 amide bonds. The molecule has 6 nitrogen and oxygen atoms in total. The fraction of sp³-hybridized carbons (Fsp3) is 0.480. The summed E-state index contributed by atoms with van der Waals surface area (Å²) in [6.07, 6.45) is 1.97. The van der Waals surface area contributed by atoms with Crippen molar-refractivity contribution in [3.8, 4) is 5.75 Å². The summed E-state index contributed by atoms with van der Waals surface area (Å²) in [6, 6.07) is 10.1. The predicted octanol–water partition coefficient (Wildman–Crippen LogP) is 4.72. The number of carbonyl (C=O) groups is 1. The minimum Gasteiger partial charge on any atom is -0.496 e. The summed E-state index contributed by atoms with van der Waals surface area (Å²) in [4.78, 5) is 13.1. The normalized spacial score (nSPS) is 13.5. The molecule has 2 atom stereocenters. The third kappa shape index (κ3) is 5.82. The van der Waals surface area contributed by atoms with Crippen molar-refractivity contribution in [2.45, 2.75) is 66.0 Å². The highest BCUT2D eigenvalue weighted by atomic mass is 32.2. The predicted molar refractivity (Wildman–Crippen MR) is 131 cm³/mol. The molecule has 0 aliphatic rings. The lowest BCUT2D eigenvalue weighted by molar-refractivity contribution is -0.122. The molecule has 0 spiro atoms. The molecule has 32 heavy (non-hydrogen) atoms. The molecule has 2 aromatic carbocycles. The van der Waals surface area contributed by atoms with Crippen molar-refractivity contribution in [2.75, 3.05) is 17.7 Å². The molecule has 0 bridgehead atoms. The van der Waals surface area contributed by atoms with E-state index in [9.17, 15) is 13.2 Å². The second-order valence-corrected chi connectivity index (χ2v) is 10.4. The number of carbonyl (C=O) groups excluding carboxylic acids is 1. The molecular weight excluding hydrogens is 424 g/mol. The van der Waals surface area contributed by atoms with Crippen molar-refractivity contribution < 1.29 is 17.9 Å². The Kier molecular flexibility index (Phi) is 8.35. The monoisotopic (exact) mass is 460 g/mol. The van der Waals surface area contributed by atoms with Crippen LogP contribution >= 0.6 is 0 Å². The van der Waals surface area contributed by atoms with E-state index in [0.717, 1.165) is 40.7 Å². The number of benzene rings is 2. The zero-order chi connectivity index (χ0) is 24.2. The van der Waals surface area contributed by atoms with Crippen LogP contribution in [-0.2, 0) is 21.2 Å². The molecule has 0 saturated carbocycles. The van der Waals surface area contributed by atoms with E-state index in [2.05, 4.69) is 25.2 Å². The van der Waals surface area contributed by atoms with Crippen LogP contribution in [-0.4, -0.2) is 33.7 Å². The van der Waals surface area contributed by atoms with Gasteiger partial charge in [0.15, 0.2) is 0 Å². The molecule has 2 aromatic rings. The number of hydrogen-bond acceptors (Lipinski definition) is 4. The molecule has 0 radical (unpaired) electrons. The summed E-state index contributed by atoms with van der Waals surface area (Å²) in [5.74, 6) is 0.730. The van der Waals surface area contributed by atoms with Gasteiger partial charge in [-0.15, -0.1) is 0 Å². The summed E-state index contributed by atoms with van der Waals surface area (Å²) in [7, 11) is -2.01. The fourth-order valence-electron chi connectivity index (χ4n) is 3.91. The van der Waals surface area contributed by atoms with Gasteiger partial charge in [-0.2, -0.15) is 0 Å². The lowest BCUT2D eigenvalue weighted by atomic mass is 9.93. The van der Waals surface area contributed by atoms with Crippen LogP contribution in [0.4, 0.5) is 5.69 Å². The zero-order valence-electron chi connectivity index (χ0n) is 20.4. The van der Waals surface area contributed by atoms with E-state index in [0.29, 0.717) is 5.69 Å². The van der Waals surface area contributed by atoms with Crippen LogP contribution in [0.3, 0.4) is 0 Å². The summed E-state index contributed by atoms with van der Waals surface area (Å²) in [5, 5.41) is 3.00. The van der Waals surface area contributed by atoms with Crippen LogP contribution in [0.15, 0.2) is 36.4 Å². The van der Waals surface area contributed by atoms with Crippen LogP contribution in [0, 0.1) is 6.92 Å². The van der Waals surface area contributed by atoms with E-state index in [1.807, 2.05) is 39.0 Å². The Labute approximate surface area is 193 Å². The van der Waals surface area contributed by atoms with Crippen LogP contribution in [0.2, 0.25) is 0 Å². The Balaban J connectivity index is 2.32. The Morgan fingerprint density at radius 3 is 2.12 bits per heavy atom. The van der Waals surface area contributed by atoms with Gasteiger partial charge >= 0.3 is 0 Å². The number of nitrogens with zero attached hydrogens (tertiary/aromatic N) is 1. The number of methoxy groups -OCH3 is 1. The highest BCUT2D eigenvalue weighted by Crippen LogP contribution is 2.32. The van der Waals surface area contributed by atoms with Crippen LogP contribution in [0.1, 0.15) is 68.8 Å². The molecular formula is C25H36N2O4S. The molecule has 7 heteroatoms. The maximum absolute atomic E-state index is 13.1. The lowest BCUT2D eigenvalue weighted by Gasteiger charge is -2.30. The van der Waals surface area contributed by atoms with Crippen molar-refractivity contribution in [1.29, 1.82) is 0 Å². The van der Waals surface area contributed by atoms with E-state index in [4.69, 9.17) is 4.74 Å².